The number of carbonyl (C=O) groups is 1. The third kappa shape index (κ3) is 2.26. The summed E-state index contributed by atoms with van der Waals surface area (Å²) in [6.45, 7) is 0.0709. The largest absolute Gasteiger partial charge is 0.481 e. The number of carboxylic acids is 1. The van der Waals surface area contributed by atoms with Crippen molar-refractivity contribution in [2.75, 3.05) is 0 Å². The summed E-state index contributed by atoms with van der Waals surface area (Å²) in [5, 5.41) is 20.3. The normalized spacial score (nSPS) is 16.5. The Morgan fingerprint density at radius 1 is 1.38 bits per heavy atom. The van der Waals surface area contributed by atoms with Gasteiger partial charge in [-0.3, -0.25) is 4.79 Å². The van der Waals surface area contributed by atoms with Gasteiger partial charge in [-0.1, -0.05) is 6.42 Å². The molecule has 0 amide bonds. The van der Waals surface area contributed by atoms with E-state index in [-0.39, 0.29) is 17.9 Å². The van der Waals surface area contributed by atoms with Gasteiger partial charge in [-0.25, -0.2) is 13.5 Å². The Morgan fingerprint density at radius 2 is 2.14 bits per heavy atom. The molecule has 8 heteroatoms. The number of rotatable bonds is 4. The third-order valence-corrected chi connectivity index (χ3v) is 3.92. The lowest BCUT2D eigenvalue weighted by atomic mass is 9.69. The van der Waals surface area contributed by atoms with Gasteiger partial charge in [0, 0.05) is 6.07 Å². The number of halogens is 2. The van der Waals surface area contributed by atoms with Crippen LogP contribution in [0.5, 0.6) is 0 Å². The van der Waals surface area contributed by atoms with Crippen molar-refractivity contribution in [3.8, 4) is 11.4 Å². The molecule has 2 aromatic rings. The van der Waals surface area contributed by atoms with E-state index < -0.39 is 23.0 Å². The second-order valence-electron chi connectivity index (χ2n) is 5.22. The Kier molecular flexibility index (Phi) is 3.15. The quantitative estimate of drug-likeness (QED) is 0.931. The van der Waals surface area contributed by atoms with E-state index in [0.29, 0.717) is 12.8 Å². The molecule has 0 saturated heterocycles. The van der Waals surface area contributed by atoms with Crippen LogP contribution in [-0.4, -0.2) is 31.3 Å². The highest BCUT2D eigenvalue weighted by molar-refractivity contribution is 5.75. The molecule has 0 aliphatic heterocycles. The van der Waals surface area contributed by atoms with Crippen molar-refractivity contribution in [1.82, 2.24) is 20.2 Å². The lowest BCUT2D eigenvalue weighted by molar-refractivity contribution is -0.156. The van der Waals surface area contributed by atoms with Gasteiger partial charge in [0.05, 0.1) is 17.5 Å². The van der Waals surface area contributed by atoms with E-state index in [1.54, 1.807) is 0 Å². The fourth-order valence-corrected chi connectivity index (χ4v) is 2.50. The number of hydrogen-bond acceptors (Lipinski definition) is 4. The molecule has 21 heavy (non-hydrogen) atoms. The van der Waals surface area contributed by atoms with Crippen molar-refractivity contribution >= 4 is 5.97 Å². The number of hydrogen-bond donors (Lipinski definition) is 1. The average molecular weight is 294 g/mol. The zero-order chi connectivity index (χ0) is 15.0. The minimum Gasteiger partial charge on any atom is -0.481 e. The van der Waals surface area contributed by atoms with Crippen LogP contribution >= 0.6 is 0 Å². The van der Waals surface area contributed by atoms with E-state index in [4.69, 9.17) is 0 Å². The predicted molar refractivity (Wildman–Crippen MR) is 67.1 cm³/mol. The maximum Gasteiger partial charge on any atom is 0.311 e. The molecule has 1 N–H and O–H groups in total. The second kappa shape index (κ2) is 4.87. The van der Waals surface area contributed by atoms with Crippen molar-refractivity contribution in [1.29, 1.82) is 0 Å². The third-order valence-electron chi connectivity index (χ3n) is 3.92. The van der Waals surface area contributed by atoms with Gasteiger partial charge in [0.1, 0.15) is 11.6 Å². The van der Waals surface area contributed by atoms with Gasteiger partial charge in [-0.05, 0) is 35.4 Å². The highest BCUT2D eigenvalue weighted by Crippen LogP contribution is 2.43. The Morgan fingerprint density at radius 3 is 2.71 bits per heavy atom. The predicted octanol–water partition coefficient (Wildman–Crippen LogP) is 1.87. The van der Waals surface area contributed by atoms with Crippen LogP contribution in [0.15, 0.2) is 18.2 Å². The Bertz CT molecular complexity index is 697. The summed E-state index contributed by atoms with van der Waals surface area (Å²) in [6.07, 6.45) is 1.90. The topological polar surface area (TPSA) is 80.9 Å². The molecule has 0 spiro atoms. The zero-order valence-electron chi connectivity index (χ0n) is 11.0. The molecular formula is C13H12F2N4O2. The van der Waals surface area contributed by atoms with E-state index in [9.17, 15) is 18.7 Å². The minimum absolute atomic E-state index is 0.0428. The van der Waals surface area contributed by atoms with Gasteiger partial charge in [0.2, 0.25) is 0 Å². The van der Waals surface area contributed by atoms with Crippen LogP contribution in [-0.2, 0) is 11.3 Å². The first kappa shape index (κ1) is 13.6. The smallest absolute Gasteiger partial charge is 0.311 e. The molecule has 1 heterocycles. The number of aliphatic carboxylic acids is 1. The van der Waals surface area contributed by atoms with Gasteiger partial charge in [-0.2, -0.15) is 0 Å². The van der Waals surface area contributed by atoms with E-state index in [1.807, 2.05) is 0 Å². The molecule has 1 aromatic carbocycles. The zero-order valence-corrected chi connectivity index (χ0v) is 11.0. The average Bonchev–Trinajstić information content (AvgIpc) is 2.81. The summed E-state index contributed by atoms with van der Waals surface area (Å²) < 4.78 is 28.0. The molecule has 1 aliphatic carbocycles. The highest BCUT2D eigenvalue weighted by Gasteiger charge is 2.45. The van der Waals surface area contributed by atoms with Crippen LogP contribution in [0.2, 0.25) is 0 Å². The molecule has 1 aliphatic rings. The summed E-state index contributed by atoms with van der Waals surface area (Å²) in [5.74, 6) is -2.30. The van der Waals surface area contributed by atoms with Gasteiger partial charge < -0.3 is 5.11 Å². The first-order valence-corrected chi connectivity index (χ1v) is 6.47. The number of carboxylic acid groups (broad SMARTS) is 1. The molecule has 110 valence electrons. The molecule has 1 aromatic heterocycles. The second-order valence-corrected chi connectivity index (χ2v) is 5.22. The molecule has 3 rings (SSSR count). The van der Waals surface area contributed by atoms with Gasteiger partial charge >= 0.3 is 5.97 Å². The van der Waals surface area contributed by atoms with Gasteiger partial charge in [-0.15, -0.1) is 5.10 Å². The highest BCUT2D eigenvalue weighted by atomic mass is 19.1. The Labute approximate surface area is 118 Å². The van der Waals surface area contributed by atoms with E-state index >= 15 is 0 Å². The Balaban J connectivity index is 1.96. The first-order chi connectivity index (χ1) is 10.0. The van der Waals surface area contributed by atoms with E-state index in [2.05, 4.69) is 15.5 Å². The lowest BCUT2D eigenvalue weighted by Crippen LogP contribution is -2.42. The molecular weight excluding hydrogens is 282 g/mol. The summed E-state index contributed by atoms with van der Waals surface area (Å²) in [4.78, 5) is 11.4. The molecule has 0 atom stereocenters. The minimum atomic E-state index is -0.908. The number of aromatic nitrogens is 4. The molecule has 1 fully saturated rings. The van der Waals surface area contributed by atoms with Crippen LogP contribution in [0.3, 0.4) is 0 Å². The maximum atomic E-state index is 13.8. The molecule has 0 radical (unpaired) electrons. The van der Waals surface area contributed by atoms with Crippen LogP contribution < -0.4 is 0 Å². The van der Waals surface area contributed by atoms with E-state index in [0.717, 1.165) is 18.6 Å². The summed E-state index contributed by atoms with van der Waals surface area (Å²) in [6, 6.07) is 3.08. The van der Waals surface area contributed by atoms with Crippen molar-refractivity contribution in [3.63, 3.8) is 0 Å². The SMILES string of the molecule is O=C(O)C1(Cn2nnnc2-c2ccc(F)cc2F)CCC1. The number of nitrogens with zero attached hydrogens (tertiary/aromatic N) is 4. The van der Waals surface area contributed by atoms with Crippen LogP contribution in [0.1, 0.15) is 19.3 Å². The summed E-state index contributed by atoms with van der Waals surface area (Å²) >= 11 is 0. The summed E-state index contributed by atoms with van der Waals surface area (Å²) in [5.41, 5.74) is -0.859. The van der Waals surface area contributed by atoms with Crippen molar-refractivity contribution in [2.24, 2.45) is 5.41 Å². The molecule has 0 unspecified atom stereocenters. The van der Waals surface area contributed by atoms with Crippen LogP contribution in [0.4, 0.5) is 8.78 Å². The monoisotopic (exact) mass is 294 g/mol. The first-order valence-electron chi connectivity index (χ1n) is 6.47. The fourth-order valence-electron chi connectivity index (χ4n) is 2.50. The van der Waals surface area contributed by atoms with Crippen LogP contribution in [0.25, 0.3) is 11.4 Å². The summed E-state index contributed by atoms with van der Waals surface area (Å²) in [7, 11) is 0. The van der Waals surface area contributed by atoms with Crippen molar-refractivity contribution < 1.29 is 18.7 Å². The van der Waals surface area contributed by atoms with Crippen molar-refractivity contribution in [2.45, 2.75) is 25.8 Å². The molecule has 6 nitrogen and oxygen atoms in total. The van der Waals surface area contributed by atoms with Gasteiger partial charge in [0.15, 0.2) is 5.82 Å². The Hall–Kier alpha value is -2.38. The van der Waals surface area contributed by atoms with Crippen LogP contribution in [0, 0.1) is 17.0 Å². The van der Waals surface area contributed by atoms with E-state index in [1.165, 1.54) is 10.7 Å². The van der Waals surface area contributed by atoms with Gasteiger partial charge in [0.25, 0.3) is 0 Å². The molecule has 0 bridgehead atoms. The molecule has 1 saturated carbocycles. The maximum absolute atomic E-state index is 13.8. The lowest BCUT2D eigenvalue weighted by Gasteiger charge is -2.37. The number of tetrazole rings is 1. The fraction of sp³-hybridized carbons (Fsp3) is 0.385. The standard InChI is InChI=1S/C13H12F2N4O2/c14-8-2-3-9(10(15)6-8)11-16-17-18-19(11)7-13(12(20)21)4-1-5-13/h2-3,6H,1,4-5,7H2,(H,20,21). The van der Waals surface area contributed by atoms with Crippen molar-refractivity contribution in [3.05, 3.63) is 29.8 Å². The number of benzene rings is 1.